The summed E-state index contributed by atoms with van der Waals surface area (Å²) in [6.07, 6.45) is 1.56. The predicted molar refractivity (Wildman–Crippen MR) is 110 cm³/mol. The van der Waals surface area contributed by atoms with Crippen molar-refractivity contribution in [2.24, 2.45) is 0 Å². The van der Waals surface area contributed by atoms with Gasteiger partial charge in [-0.1, -0.05) is 24.3 Å². The minimum absolute atomic E-state index is 0.0981. The number of anilines is 1. The van der Waals surface area contributed by atoms with Gasteiger partial charge in [-0.05, 0) is 24.8 Å². The van der Waals surface area contributed by atoms with Crippen molar-refractivity contribution < 1.29 is 4.79 Å². The first-order chi connectivity index (χ1) is 13.7. The van der Waals surface area contributed by atoms with Crippen LogP contribution in [0.5, 0.6) is 0 Å². The summed E-state index contributed by atoms with van der Waals surface area (Å²) in [7, 11) is 0. The summed E-state index contributed by atoms with van der Waals surface area (Å²) < 4.78 is 1.77. The topological polar surface area (TPSA) is 80.0 Å². The first-order valence-corrected chi connectivity index (χ1v) is 10.5. The van der Waals surface area contributed by atoms with Gasteiger partial charge in [-0.3, -0.25) is 4.79 Å². The summed E-state index contributed by atoms with van der Waals surface area (Å²) in [5.41, 5.74) is 2.25. The molecule has 3 aromatic rings. The number of thioether (sulfide) groups is 1. The molecule has 0 spiro atoms. The average molecular weight is 398 g/mol. The number of aryl methyl sites for hydroxylation is 1. The van der Waals surface area contributed by atoms with Crippen molar-refractivity contribution in [1.82, 2.24) is 29.9 Å². The first-order valence-electron chi connectivity index (χ1n) is 9.53. The standard InChI is InChI=1S/C19H23N7OS/c1-3-26-18-16(22-23-26)17(20-13-21-18)24-9-11-25(12-10-24)19(27)14-7-5-6-8-15(14)28-4-2/h5-8,13H,3-4,9-12H2,1-2H3. The van der Waals surface area contributed by atoms with Crippen molar-refractivity contribution in [1.29, 1.82) is 0 Å². The van der Waals surface area contributed by atoms with Gasteiger partial charge in [-0.25, -0.2) is 14.6 Å². The summed E-state index contributed by atoms with van der Waals surface area (Å²) in [4.78, 5) is 26.9. The summed E-state index contributed by atoms with van der Waals surface area (Å²) in [6.45, 7) is 7.54. The molecule has 3 heterocycles. The normalized spacial score (nSPS) is 14.6. The van der Waals surface area contributed by atoms with Crippen LogP contribution in [0.25, 0.3) is 11.2 Å². The van der Waals surface area contributed by atoms with E-state index in [4.69, 9.17) is 0 Å². The van der Waals surface area contributed by atoms with Crippen molar-refractivity contribution >= 4 is 34.7 Å². The van der Waals surface area contributed by atoms with E-state index in [-0.39, 0.29) is 5.91 Å². The van der Waals surface area contributed by atoms with E-state index in [0.717, 1.165) is 27.7 Å². The third kappa shape index (κ3) is 3.42. The summed E-state index contributed by atoms with van der Waals surface area (Å²) in [5, 5.41) is 8.41. The molecule has 1 aliphatic heterocycles. The van der Waals surface area contributed by atoms with Crippen LogP contribution in [-0.4, -0.2) is 67.7 Å². The number of carbonyl (C=O) groups is 1. The van der Waals surface area contributed by atoms with E-state index >= 15 is 0 Å². The molecule has 1 fully saturated rings. The van der Waals surface area contributed by atoms with Gasteiger partial charge in [0.15, 0.2) is 17.0 Å². The molecule has 4 rings (SSSR count). The number of nitrogens with zero attached hydrogens (tertiary/aromatic N) is 7. The fraction of sp³-hybridized carbons (Fsp3) is 0.421. The molecular weight excluding hydrogens is 374 g/mol. The van der Waals surface area contributed by atoms with Gasteiger partial charge in [0.2, 0.25) is 0 Å². The Kier molecular flexibility index (Phi) is 5.43. The lowest BCUT2D eigenvalue weighted by atomic mass is 10.2. The van der Waals surface area contributed by atoms with Gasteiger partial charge < -0.3 is 9.80 Å². The lowest BCUT2D eigenvalue weighted by molar-refractivity contribution is 0.0743. The Bertz CT molecular complexity index is 981. The number of carbonyl (C=O) groups excluding carboxylic acids is 1. The maximum absolute atomic E-state index is 13.0. The third-order valence-electron chi connectivity index (χ3n) is 4.86. The van der Waals surface area contributed by atoms with Crippen molar-refractivity contribution in [2.75, 3.05) is 36.8 Å². The molecule has 8 nitrogen and oxygen atoms in total. The van der Waals surface area contributed by atoms with Gasteiger partial charge in [0.1, 0.15) is 6.33 Å². The van der Waals surface area contributed by atoms with Crippen molar-refractivity contribution in [3.05, 3.63) is 36.2 Å². The molecule has 146 valence electrons. The number of benzene rings is 1. The Morgan fingerprint density at radius 2 is 1.89 bits per heavy atom. The van der Waals surface area contributed by atoms with E-state index in [1.54, 1.807) is 22.8 Å². The largest absolute Gasteiger partial charge is 0.351 e. The maximum Gasteiger partial charge on any atom is 0.255 e. The van der Waals surface area contributed by atoms with Crippen LogP contribution in [0.2, 0.25) is 0 Å². The number of rotatable bonds is 5. The zero-order valence-electron chi connectivity index (χ0n) is 16.1. The van der Waals surface area contributed by atoms with Crippen LogP contribution in [0.4, 0.5) is 5.82 Å². The Morgan fingerprint density at radius 3 is 2.64 bits per heavy atom. The predicted octanol–water partition coefficient (Wildman–Crippen LogP) is 2.32. The Balaban J connectivity index is 1.50. The number of piperazine rings is 1. The second kappa shape index (κ2) is 8.14. The van der Waals surface area contributed by atoms with Gasteiger partial charge in [-0.15, -0.1) is 16.9 Å². The molecule has 0 bridgehead atoms. The average Bonchev–Trinajstić information content (AvgIpc) is 3.17. The van der Waals surface area contributed by atoms with E-state index in [1.165, 1.54) is 0 Å². The Morgan fingerprint density at radius 1 is 1.11 bits per heavy atom. The quantitative estimate of drug-likeness (QED) is 0.611. The fourth-order valence-corrected chi connectivity index (χ4v) is 4.24. The van der Waals surface area contributed by atoms with E-state index < -0.39 is 0 Å². The highest BCUT2D eigenvalue weighted by atomic mass is 32.2. The third-order valence-corrected chi connectivity index (χ3v) is 5.82. The molecule has 1 aliphatic rings. The van der Waals surface area contributed by atoms with Gasteiger partial charge in [-0.2, -0.15) is 0 Å². The summed E-state index contributed by atoms with van der Waals surface area (Å²) in [6, 6.07) is 7.85. The molecule has 0 unspecified atom stereocenters. The summed E-state index contributed by atoms with van der Waals surface area (Å²) >= 11 is 1.71. The second-order valence-corrected chi connectivity index (χ2v) is 7.79. The maximum atomic E-state index is 13.0. The molecule has 0 N–H and O–H groups in total. The molecule has 0 radical (unpaired) electrons. The lowest BCUT2D eigenvalue weighted by Gasteiger charge is -2.35. The van der Waals surface area contributed by atoms with Gasteiger partial charge >= 0.3 is 0 Å². The molecule has 28 heavy (non-hydrogen) atoms. The molecule has 1 aromatic carbocycles. The zero-order chi connectivity index (χ0) is 19.5. The number of amides is 1. The molecule has 0 aliphatic carbocycles. The first kappa shape index (κ1) is 18.7. The van der Waals surface area contributed by atoms with Crippen LogP contribution in [0.3, 0.4) is 0 Å². The van der Waals surface area contributed by atoms with Crippen molar-refractivity contribution in [2.45, 2.75) is 25.3 Å². The van der Waals surface area contributed by atoms with E-state index in [0.29, 0.717) is 38.2 Å². The second-order valence-electron chi connectivity index (χ2n) is 6.48. The molecule has 0 saturated carbocycles. The van der Waals surface area contributed by atoms with Crippen LogP contribution in [0.15, 0.2) is 35.5 Å². The molecule has 0 atom stereocenters. The van der Waals surface area contributed by atoms with Crippen LogP contribution in [-0.2, 0) is 6.54 Å². The monoisotopic (exact) mass is 397 g/mol. The highest BCUT2D eigenvalue weighted by molar-refractivity contribution is 7.99. The van der Waals surface area contributed by atoms with Gasteiger partial charge in [0.25, 0.3) is 5.91 Å². The minimum atomic E-state index is 0.0981. The van der Waals surface area contributed by atoms with E-state index in [1.807, 2.05) is 36.1 Å². The zero-order valence-corrected chi connectivity index (χ0v) is 16.9. The van der Waals surface area contributed by atoms with Gasteiger partial charge in [0, 0.05) is 37.6 Å². The Labute approximate surface area is 167 Å². The molecule has 9 heteroatoms. The van der Waals surface area contributed by atoms with Crippen LogP contribution < -0.4 is 4.90 Å². The van der Waals surface area contributed by atoms with Gasteiger partial charge in [0.05, 0.1) is 5.56 Å². The number of aromatic nitrogens is 5. The molecule has 1 amide bonds. The molecule has 2 aromatic heterocycles. The molecule has 1 saturated heterocycles. The van der Waals surface area contributed by atoms with Crippen molar-refractivity contribution in [3.8, 4) is 0 Å². The SMILES string of the molecule is CCSc1ccccc1C(=O)N1CCN(c2ncnc3c2nnn3CC)CC1. The number of hydrogen-bond donors (Lipinski definition) is 0. The van der Waals surface area contributed by atoms with Crippen LogP contribution >= 0.6 is 11.8 Å². The summed E-state index contributed by atoms with van der Waals surface area (Å²) in [5.74, 6) is 1.83. The number of fused-ring (bicyclic) bond motifs is 1. The lowest BCUT2D eigenvalue weighted by Crippen LogP contribution is -2.49. The fourth-order valence-electron chi connectivity index (χ4n) is 3.44. The Hall–Kier alpha value is -2.68. The van der Waals surface area contributed by atoms with Crippen LogP contribution in [0.1, 0.15) is 24.2 Å². The van der Waals surface area contributed by atoms with E-state index in [9.17, 15) is 4.79 Å². The van der Waals surface area contributed by atoms with Crippen molar-refractivity contribution in [3.63, 3.8) is 0 Å². The highest BCUT2D eigenvalue weighted by Crippen LogP contribution is 2.25. The van der Waals surface area contributed by atoms with Crippen LogP contribution in [0, 0.1) is 0 Å². The number of hydrogen-bond acceptors (Lipinski definition) is 7. The molecular formula is C19H23N7OS. The van der Waals surface area contributed by atoms with E-state index in [2.05, 4.69) is 32.1 Å². The highest BCUT2D eigenvalue weighted by Gasteiger charge is 2.26. The smallest absolute Gasteiger partial charge is 0.255 e. The minimum Gasteiger partial charge on any atom is -0.351 e.